The Kier molecular flexibility index (Phi) is 8.56. The van der Waals surface area contributed by atoms with E-state index in [0.717, 1.165) is 44.1 Å². The van der Waals surface area contributed by atoms with Crippen LogP contribution in [0.4, 0.5) is 23.7 Å². The second-order valence-electron chi connectivity index (χ2n) is 9.89. The lowest BCUT2D eigenvalue weighted by Crippen LogP contribution is -2.41. The highest BCUT2D eigenvalue weighted by Crippen LogP contribution is 2.36. The Labute approximate surface area is 208 Å². The Balaban J connectivity index is 1.46. The minimum absolute atomic E-state index is 0.0926. The second-order valence-corrected chi connectivity index (χ2v) is 10.3. The van der Waals surface area contributed by atoms with Gasteiger partial charge in [-0.05, 0) is 42.9 Å². The third-order valence-corrected chi connectivity index (χ3v) is 7.00. The summed E-state index contributed by atoms with van der Waals surface area (Å²) < 4.78 is 38.6. The summed E-state index contributed by atoms with van der Waals surface area (Å²) >= 11 is 5.72. The summed E-state index contributed by atoms with van der Waals surface area (Å²) in [6.07, 6.45) is -1.54. The lowest BCUT2D eigenvalue weighted by molar-refractivity contribution is -0.137. The van der Waals surface area contributed by atoms with Crippen molar-refractivity contribution >= 4 is 35.1 Å². The predicted octanol–water partition coefficient (Wildman–Crippen LogP) is 4.85. The highest BCUT2D eigenvalue weighted by atomic mass is 35.5. The number of amides is 4. The molecule has 2 aliphatic rings. The molecule has 1 N–H and O–H groups in total. The zero-order valence-electron chi connectivity index (χ0n) is 20.1. The molecular formula is C24H32ClF3N4O3. The van der Waals surface area contributed by atoms with Gasteiger partial charge in [0, 0.05) is 57.8 Å². The number of benzene rings is 1. The van der Waals surface area contributed by atoms with E-state index >= 15 is 0 Å². The average Bonchev–Trinajstić information content (AvgIpc) is 2.94. The molecule has 0 spiro atoms. The van der Waals surface area contributed by atoms with Gasteiger partial charge in [0.2, 0.25) is 11.8 Å². The normalized spacial score (nSPS) is 18.9. The lowest BCUT2D eigenvalue weighted by atomic mass is 9.82. The van der Waals surface area contributed by atoms with Gasteiger partial charge in [0.1, 0.15) is 0 Å². The van der Waals surface area contributed by atoms with Crippen molar-refractivity contribution in [2.75, 3.05) is 44.6 Å². The standard InChI is InChI=1S/C24H32ClF3N4O3/c1-23(2)8-12-31(13-9-23)20(33)4-3-10-30-14-15-32(11-7-21(30)34)22(35)29-17-5-6-18(19(25)16-17)24(26,27)28/h5-6,16H,3-4,7-15H2,1-2H3,(H,29,35). The molecule has 0 atom stereocenters. The first kappa shape index (κ1) is 27.1. The number of anilines is 1. The molecule has 3 rings (SSSR count). The van der Waals surface area contributed by atoms with Crippen molar-refractivity contribution in [1.29, 1.82) is 0 Å². The van der Waals surface area contributed by atoms with Crippen LogP contribution in [0, 0.1) is 5.41 Å². The van der Waals surface area contributed by atoms with E-state index in [4.69, 9.17) is 11.6 Å². The summed E-state index contributed by atoms with van der Waals surface area (Å²) in [6, 6.07) is 2.50. The first-order chi connectivity index (χ1) is 16.4. The van der Waals surface area contributed by atoms with Crippen LogP contribution in [0.15, 0.2) is 18.2 Å². The number of alkyl halides is 3. The summed E-state index contributed by atoms with van der Waals surface area (Å²) in [4.78, 5) is 42.6. The molecule has 194 valence electrons. The molecule has 2 aliphatic heterocycles. The van der Waals surface area contributed by atoms with Gasteiger partial charge in [0.05, 0.1) is 10.6 Å². The van der Waals surface area contributed by atoms with E-state index in [1.165, 1.54) is 4.90 Å². The first-order valence-electron chi connectivity index (χ1n) is 11.8. The van der Waals surface area contributed by atoms with Gasteiger partial charge in [-0.2, -0.15) is 13.2 Å². The molecule has 11 heteroatoms. The molecule has 7 nitrogen and oxygen atoms in total. The molecule has 2 fully saturated rings. The van der Waals surface area contributed by atoms with Gasteiger partial charge >= 0.3 is 12.2 Å². The summed E-state index contributed by atoms with van der Waals surface area (Å²) in [5.41, 5.74) is -0.567. The molecule has 2 heterocycles. The molecule has 0 saturated carbocycles. The van der Waals surface area contributed by atoms with Crippen LogP contribution < -0.4 is 5.32 Å². The maximum absolute atomic E-state index is 12.9. The number of rotatable bonds is 5. The Morgan fingerprint density at radius 1 is 1.06 bits per heavy atom. The van der Waals surface area contributed by atoms with E-state index < -0.39 is 22.8 Å². The van der Waals surface area contributed by atoms with Crippen LogP contribution in [-0.2, 0) is 15.8 Å². The molecule has 35 heavy (non-hydrogen) atoms. The SMILES string of the molecule is CC1(C)CCN(C(=O)CCCN2CCN(C(=O)Nc3ccc(C(F)(F)F)c(Cl)c3)CCC2=O)CC1. The fourth-order valence-electron chi connectivity index (χ4n) is 4.27. The third-order valence-electron chi connectivity index (χ3n) is 6.69. The number of nitrogens with zero attached hydrogens (tertiary/aromatic N) is 3. The fourth-order valence-corrected chi connectivity index (χ4v) is 4.56. The quantitative estimate of drug-likeness (QED) is 0.608. The number of urea groups is 1. The van der Waals surface area contributed by atoms with Gasteiger partial charge in [-0.15, -0.1) is 0 Å². The molecule has 0 bridgehead atoms. The Bertz CT molecular complexity index is 944. The largest absolute Gasteiger partial charge is 0.417 e. The molecule has 0 unspecified atom stereocenters. The van der Waals surface area contributed by atoms with Gasteiger partial charge in [-0.3, -0.25) is 9.59 Å². The van der Waals surface area contributed by atoms with Gasteiger partial charge < -0.3 is 20.0 Å². The lowest BCUT2D eigenvalue weighted by Gasteiger charge is -2.37. The number of hydrogen-bond acceptors (Lipinski definition) is 3. The minimum Gasteiger partial charge on any atom is -0.343 e. The van der Waals surface area contributed by atoms with Crippen molar-refractivity contribution in [1.82, 2.24) is 14.7 Å². The molecule has 2 saturated heterocycles. The zero-order chi connectivity index (χ0) is 25.8. The fraction of sp³-hybridized carbons (Fsp3) is 0.625. The number of hydrogen-bond donors (Lipinski definition) is 1. The van der Waals surface area contributed by atoms with Crippen molar-refractivity contribution in [2.45, 2.75) is 52.1 Å². The van der Waals surface area contributed by atoms with Crippen molar-refractivity contribution in [2.24, 2.45) is 5.41 Å². The smallest absolute Gasteiger partial charge is 0.343 e. The maximum Gasteiger partial charge on any atom is 0.417 e. The Hall–Kier alpha value is -2.49. The number of nitrogens with one attached hydrogen (secondary N) is 1. The van der Waals surface area contributed by atoms with Gasteiger partial charge in [-0.1, -0.05) is 25.4 Å². The van der Waals surface area contributed by atoms with Gasteiger partial charge in [0.25, 0.3) is 0 Å². The maximum atomic E-state index is 12.9. The van der Waals surface area contributed by atoms with E-state index in [2.05, 4.69) is 19.2 Å². The van der Waals surface area contributed by atoms with Crippen LogP contribution in [0.5, 0.6) is 0 Å². The van der Waals surface area contributed by atoms with Crippen LogP contribution in [0.2, 0.25) is 5.02 Å². The highest BCUT2D eigenvalue weighted by Gasteiger charge is 2.33. The molecule has 4 amide bonds. The Morgan fingerprint density at radius 3 is 2.37 bits per heavy atom. The average molecular weight is 517 g/mol. The third kappa shape index (κ3) is 7.49. The van der Waals surface area contributed by atoms with Crippen LogP contribution in [0.3, 0.4) is 0 Å². The predicted molar refractivity (Wildman–Crippen MR) is 127 cm³/mol. The summed E-state index contributed by atoms with van der Waals surface area (Å²) in [5.74, 6) is 0.0176. The van der Waals surface area contributed by atoms with Crippen molar-refractivity contribution in [3.05, 3.63) is 28.8 Å². The molecular weight excluding hydrogens is 485 g/mol. The van der Waals surface area contributed by atoms with Crippen LogP contribution in [-0.4, -0.2) is 71.8 Å². The number of carbonyl (C=O) groups excluding carboxylic acids is 3. The van der Waals surface area contributed by atoms with E-state index in [1.807, 2.05) is 4.90 Å². The van der Waals surface area contributed by atoms with E-state index in [9.17, 15) is 27.6 Å². The molecule has 0 aromatic heterocycles. The molecule has 1 aromatic rings. The molecule has 1 aromatic carbocycles. The Morgan fingerprint density at radius 2 is 1.74 bits per heavy atom. The van der Waals surface area contributed by atoms with E-state index in [1.54, 1.807) is 4.90 Å². The number of halogens is 4. The molecule has 0 radical (unpaired) electrons. The van der Waals surface area contributed by atoms with Crippen LogP contribution in [0.1, 0.15) is 51.5 Å². The summed E-state index contributed by atoms with van der Waals surface area (Å²) in [5, 5.41) is 2.04. The molecule has 0 aliphatic carbocycles. The summed E-state index contributed by atoms with van der Waals surface area (Å²) in [7, 11) is 0. The van der Waals surface area contributed by atoms with E-state index in [-0.39, 0.29) is 42.4 Å². The van der Waals surface area contributed by atoms with Crippen molar-refractivity contribution in [3.8, 4) is 0 Å². The van der Waals surface area contributed by atoms with Crippen LogP contribution in [0.25, 0.3) is 0 Å². The number of carbonyl (C=O) groups is 3. The van der Waals surface area contributed by atoms with Crippen LogP contribution >= 0.6 is 11.6 Å². The topological polar surface area (TPSA) is 73.0 Å². The minimum atomic E-state index is -4.58. The van der Waals surface area contributed by atoms with E-state index in [0.29, 0.717) is 25.9 Å². The number of likely N-dealkylation sites (tertiary alicyclic amines) is 1. The number of piperidine rings is 1. The van der Waals surface area contributed by atoms with Crippen molar-refractivity contribution < 1.29 is 27.6 Å². The zero-order valence-corrected chi connectivity index (χ0v) is 20.8. The van der Waals surface area contributed by atoms with Gasteiger partial charge in [0.15, 0.2) is 0 Å². The van der Waals surface area contributed by atoms with Gasteiger partial charge in [-0.25, -0.2) is 4.79 Å². The second kappa shape index (κ2) is 11.1. The van der Waals surface area contributed by atoms with Crippen molar-refractivity contribution in [3.63, 3.8) is 0 Å². The highest BCUT2D eigenvalue weighted by molar-refractivity contribution is 6.31. The summed E-state index contributed by atoms with van der Waals surface area (Å²) in [6.45, 7) is 7.19. The monoisotopic (exact) mass is 516 g/mol. The first-order valence-corrected chi connectivity index (χ1v) is 12.2.